The lowest BCUT2D eigenvalue weighted by molar-refractivity contribution is -0.125. The van der Waals surface area contributed by atoms with Crippen LogP contribution in [0.2, 0.25) is 0 Å². The minimum atomic E-state index is -0.528. The lowest BCUT2D eigenvalue weighted by atomic mass is 9.90. The van der Waals surface area contributed by atoms with Crippen LogP contribution >= 0.6 is 0 Å². The van der Waals surface area contributed by atoms with Crippen molar-refractivity contribution in [3.05, 3.63) is 65.7 Å². The molecule has 24 heavy (non-hydrogen) atoms. The van der Waals surface area contributed by atoms with Gasteiger partial charge in [-0.25, -0.2) is 0 Å². The van der Waals surface area contributed by atoms with E-state index < -0.39 is 5.60 Å². The Hall–Kier alpha value is -2.33. The fourth-order valence-corrected chi connectivity index (χ4v) is 2.66. The second kappa shape index (κ2) is 8.50. The molecule has 0 aliphatic rings. The second-order valence-electron chi connectivity index (χ2n) is 5.75. The van der Waals surface area contributed by atoms with Crippen molar-refractivity contribution >= 4 is 5.91 Å². The Morgan fingerprint density at radius 2 is 1.75 bits per heavy atom. The predicted molar refractivity (Wildman–Crippen MR) is 95.1 cm³/mol. The Bertz CT molecular complexity index is 651. The van der Waals surface area contributed by atoms with Crippen LogP contribution in [0.3, 0.4) is 0 Å². The molecule has 0 bridgehead atoms. The molecule has 4 heteroatoms. The van der Waals surface area contributed by atoms with E-state index in [4.69, 9.17) is 9.47 Å². The van der Waals surface area contributed by atoms with Gasteiger partial charge in [0.15, 0.2) is 6.61 Å². The van der Waals surface area contributed by atoms with Gasteiger partial charge in [0.1, 0.15) is 11.4 Å². The summed E-state index contributed by atoms with van der Waals surface area (Å²) in [5, 5.41) is 2.92. The zero-order chi connectivity index (χ0) is 17.4. The van der Waals surface area contributed by atoms with Gasteiger partial charge in [-0.15, -0.1) is 0 Å². The van der Waals surface area contributed by atoms with Crippen molar-refractivity contribution in [2.75, 3.05) is 20.3 Å². The van der Waals surface area contributed by atoms with Crippen LogP contribution < -0.4 is 10.1 Å². The number of carbonyl (C=O) groups excluding carboxylic acids is 1. The average Bonchev–Trinajstić information content (AvgIpc) is 2.63. The minimum absolute atomic E-state index is 0.0108. The molecule has 0 aromatic heterocycles. The van der Waals surface area contributed by atoms with E-state index in [9.17, 15) is 4.79 Å². The number of aryl methyl sites for hydroxylation is 1. The number of para-hydroxylation sites is 1. The molecule has 0 aliphatic carbocycles. The van der Waals surface area contributed by atoms with Gasteiger partial charge in [-0.2, -0.15) is 0 Å². The maximum atomic E-state index is 12.1. The van der Waals surface area contributed by atoms with Crippen LogP contribution in [-0.4, -0.2) is 26.2 Å². The molecular weight excluding hydrogens is 302 g/mol. The molecule has 4 nitrogen and oxygen atoms in total. The maximum absolute atomic E-state index is 12.1. The molecule has 0 fully saturated rings. The Morgan fingerprint density at radius 1 is 1.08 bits per heavy atom. The van der Waals surface area contributed by atoms with Crippen LogP contribution in [0, 0.1) is 6.92 Å². The highest BCUT2D eigenvalue weighted by Gasteiger charge is 2.30. The molecule has 0 aliphatic heterocycles. The van der Waals surface area contributed by atoms with Crippen LogP contribution in [0.25, 0.3) is 0 Å². The van der Waals surface area contributed by atoms with E-state index in [2.05, 4.69) is 5.32 Å². The Kier molecular flexibility index (Phi) is 6.38. The van der Waals surface area contributed by atoms with Crippen molar-refractivity contribution < 1.29 is 14.3 Å². The highest BCUT2D eigenvalue weighted by atomic mass is 16.5. The molecule has 2 aromatic rings. The zero-order valence-electron chi connectivity index (χ0n) is 14.5. The smallest absolute Gasteiger partial charge is 0.258 e. The fourth-order valence-electron chi connectivity index (χ4n) is 2.66. The van der Waals surface area contributed by atoms with E-state index >= 15 is 0 Å². The topological polar surface area (TPSA) is 47.6 Å². The normalized spacial score (nSPS) is 13.1. The van der Waals surface area contributed by atoms with E-state index in [0.717, 1.165) is 23.3 Å². The first-order valence-corrected chi connectivity index (χ1v) is 8.17. The quantitative estimate of drug-likeness (QED) is 0.808. The third-order valence-corrected chi connectivity index (χ3v) is 4.29. The predicted octanol–water partition coefficient (Wildman–Crippen LogP) is 3.44. The molecule has 0 saturated carbocycles. The summed E-state index contributed by atoms with van der Waals surface area (Å²) < 4.78 is 11.3. The molecule has 0 radical (unpaired) electrons. The van der Waals surface area contributed by atoms with Crippen LogP contribution in [0.15, 0.2) is 54.6 Å². The number of hydrogen-bond donors (Lipinski definition) is 1. The van der Waals surface area contributed by atoms with Crippen LogP contribution in [0.1, 0.15) is 24.5 Å². The number of benzene rings is 2. The number of methoxy groups -OCH3 is 1. The average molecular weight is 327 g/mol. The molecule has 128 valence electrons. The summed E-state index contributed by atoms with van der Waals surface area (Å²) in [7, 11) is 1.67. The summed E-state index contributed by atoms with van der Waals surface area (Å²) in [5.41, 5.74) is 1.53. The largest absolute Gasteiger partial charge is 0.484 e. The van der Waals surface area contributed by atoms with Gasteiger partial charge in [0.25, 0.3) is 5.91 Å². The van der Waals surface area contributed by atoms with E-state index in [1.807, 2.05) is 68.4 Å². The first-order valence-electron chi connectivity index (χ1n) is 8.17. The molecule has 1 N–H and O–H groups in total. The highest BCUT2D eigenvalue weighted by molar-refractivity contribution is 5.77. The van der Waals surface area contributed by atoms with Gasteiger partial charge in [0, 0.05) is 7.11 Å². The van der Waals surface area contributed by atoms with Gasteiger partial charge in [0.05, 0.1) is 6.54 Å². The van der Waals surface area contributed by atoms with Crippen LogP contribution in [0.4, 0.5) is 0 Å². The van der Waals surface area contributed by atoms with Crippen molar-refractivity contribution in [3.8, 4) is 5.75 Å². The Morgan fingerprint density at radius 3 is 2.38 bits per heavy atom. The summed E-state index contributed by atoms with van der Waals surface area (Å²) in [5.74, 6) is 0.563. The standard InChI is InChI=1S/C20H25NO3/c1-4-20(23-3,17-11-6-5-7-12-17)15-21-19(22)14-24-18-13-9-8-10-16(18)2/h5-13H,4,14-15H2,1-3H3,(H,21,22)/t20-/m1/s1. The SMILES string of the molecule is CC[C@](CNC(=O)COc1ccccc1C)(OC)c1ccccc1. The molecule has 1 amide bonds. The van der Waals surface area contributed by atoms with E-state index in [1.54, 1.807) is 7.11 Å². The van der Waals surface area contributed by atoms with Crippen molar-refractivity contribution in [1.82, 2.24) is 5.32 Å². The molecule has 1 atom stereocenters. The lowest BCUT2D eigenvalue weighted by Crippen LogP contribution is -2.43. The van der Waals surface area contributed by atoms with E-state index in [0.29, 0.717) is 6.54 Å². The highest BCUT2D eigenvalue weighted by Crippen LogP contribution is 2.28. The third kappa shape index (κ3) is 4.36. The van der Waals surface area contributed by atoms with Crippen LogP contribution in [-0.2, 0) is 15.1 Å². The number of carbonyl (C=O) groups is 1. The van der Waals surface area contributed by atoms with Gasteiger partial charge < -0.3 is 14.8 Å². The zero-order valence-corrected chi connectivity index (χ0v) is 14.5. The number of rotatable bonds is 8. The van der Waals surface area contributed by atoms with Crippen molar-refractivity contribution in [1.29, 1.82) is 0 Å². The number of amides is 1. The van der Waals surface area contributed by atoms with Crippen LogP contribution in [0.5, 0.6) is 5.75 Å². The van der Waals surface area contributed by atoms with Gasteiger partial charge in [-0.1, -0.05) is 55.5 Å². The summed E-state index contributed by atoms with van der Waals surface area (Å²) in [6.45, 7) is 4.39. The van der Waals surface area contributed by atoms with Gasteiger partial charge in [-0.3, -0.25) is 4.79 Å². The molecular formula is C20H25NO3. The lowest BCUT2D eigenvalue weighted by Gasteiger charge is -2.32. The summed E-state index contributed by atoms with van der Waals surface area (Å²) in [6.07, 6.45) is 0.756. The van der Waals surface area contributed by atoms with Gasteiger partial charge in [-0.05, 0) is 30.5 Å². The third-order valence-electron chi connectivity index (χ3n) is 4.29. The maximum Gasteiger partial charge on any atom is 0.258 e. The molecule has 2 aromatic carbocycles. The van der Waals surface area contributed by atoms with Crippen molar-refractivity contribution in [3.63, 3.8) is 0 Å². The minimum Gasteiger partial charge on any atom is -0.484 e. The molecule has 0 spiro atoms. The number of ether oxygens (including phenoxy) is 2. The van der Waals surface area contributed by atoms with E-state index in [-0.39, 0.29) is 12.5 Å². The molecule has 0 unspecified atom stereocenters. The number of hydrogen-bond acceptors (Lipinski definition) is 3. The summed E-state index contributed by atoms with van der Waals surface area (Å²) in [4.78, 5) is 12.1. The second-order valence-corrected chi connectivity index (χ2v) is 5.75. The molecule has 2 rings (SSSR count). The van der Waals surface area contributed by atoms with Crippen molar-refractivity contribution in [2.24, 2.45) is 0 Å². The van der Waals surface area contributed by atoms with Gasteiger partial charge in [0.2, 0.25) is 0 Å². The monoisotopic (exact) mass is 327 g/mol. The fraction of sp³-hybridized carbons (Fsp3) is 0.350. The Labute approximate surface area is 143 Å². The molecule has 0 saturated heterocycles. The first-order chi connectivity index (χ1) is 11.6. The molecule has 0 heterocycles. The summed E-state index contributed by atoms with van der Waals surface area (Å²) >= 11 is 0. The summed E-state index contributed by atoms with van der Waals surface area (Å²) in [6, 6.07) is 17.6. The van der Waals surface area contributed by atoms with Crippen molar-refractivity contribution in [2.45, 2.75) is 25.9 Å². The first kappa shape index (κ1) is 18.0. The number of nitrogens with one attached hydrogen (secondary N) is 1. The van der Waals surface area contributed by atoms with E-state index in [1.165, 1.54) is 0 Å². The van der Waals surface area contributed by atoms with Gasteiger partial charge >= 0.3 is 0 Å². The Balaban J connectivity index is 1.95.